The van der Waals surface area contributed by atoms with Crippen LogP contribution in [0.2, 0.25) is 0 Å². The Morgan fingerprint density at radius 1 is 1.50 bits per heavy atom. The summed E-state index contributed by atoms with van der Waals surface area (Å²) in [4.78, 5) is 18.3. The molecule has 1 aromatic heterocycles. The van der Waals surface area contributed by atoms with Crippen molar-refractivity contribution in [2.75, 3.05) is 26.4 Å². The largest absolute Gasteiger partial charge is 0.482 e. The van der Waals surface area contributed by atoms with E-state index in [1.54, 1.807) is 24.5 Å². The fraction of sp³-hybridized carbons (Fsp3) is 0.625. The van der Waals surface area contributed by atoms with Gasteiger partial charge in [0.25, 0.3) is 5.91 Å². The van der Waals surface area contributed by atoms with Crippen LogP contribution in [-0.2, 0) is 9.53 Å². The van der Waals surface area contributed by atoms with E-state index in [1.807, 2.05) is 4.90 Å². The van der Waals surface area contributed by atoms with Crippen molar-refractivity contribution in [2.45, 2.75) is 31.4 Å². The molecule has 120 valence electrons. The van der Waals surface area contributed by atoms with Crippen molar-refractivity contribution >= 4 is 5.91 Å². The molecule has 0 aromatic carbocycles. The van der Waals surface area contributed by atoms with Crippen LogP contribution in [0.5, 0.6) is 5.75 Å². The minimum atomic E-state index is -0.332. The van der Waals surface area contributed by atoms with Gasteiger partial charge < -0.3 is 19.5 Å². The summed E-state index contributed by atoms with van der Waals surface area (Å²) in [7, 11) is 0. The van der Waals surface area contributed by atoms with E-state index in [1.165, 1.54) is 0 Å². The molecule has 6 heteroatoms. The van der Waals surface area contributed by atoms with Gasteiger partial charge in [-0.25, -0.2) is 0 Å². The Hall–Kier alpha value is -1.66. The Bertz CT molecular complexity index is 496. The lowest BCUT2D eigenvalue weighted by molar-refractivity contribution is -0.146. The fourth-order valence-electron chi connectivity index (χ4n) is 3.37. The lowest BCUT2D eigenvalue weighted by Gasteiger charge is -2.40. The first-order valence-corrected chi connectivity index (χ1v) is 7.84. The molecule has 1 aliphatic heterocycles. The quantitative estimate of drug-likeness (QED) is 0.893. The van der Waals surface area contributed by atoms with E-state index < -0.39 is 0 Å². The number of ether oxygens (including phenoxy) is 2. The van der Waals surface area contributed by atoms with E-state index >= 15 is 0 Å². The van der Waals surface area contributed by atoms with Gasteiger partial charge in [-0.2, -0.15) is 0 Å². The van der Waals surface area contributed by atoms with E-state index in [9.17, 15) is 9.90 Å². The predicted octanol–water partition coefficient (Wildman–Crippen LogP) is 0.849. The van der Waals surface area contributed by atoms with Crippen LogP contribution in [0.15, 0.2) is 24.5 Å². The van der Waals surface area contributed by atoms with Crippen molar-refractivity contribution in [3.63, 3.8) is 0 Å². The molecule has 1 amide bonds. The molecule has 22 heavy (non-hydrogen) atoms. The van der Waals surface area contributed by atoms with Crippen LogP contribution in [0.1, 0.15) is 19.3 Å². The monoisotopic (exact) mass is 306 g/mol. The zero-order chi connectivity index (χ0) is 15.4. The average molecular weight is 306 g/mol. The van der Waals surface area contributed by atoms with Gasteiger partial charge in [-0.1, -0.05) is 6.42 Å². The standard InChI is InChI=1S/C16H22N2O4/c19-15-5-1-4-13(15)14-10-21-8-7-18(14)16(20)11-22-12-3-2-6-17-9-12/h2-3,6,9,13-15,19H,1,4-5,7-8,10-11H2. The molecule has 2 fully saturated rings. The van der Waals surface area contributed by atoms with Crippen LogP contribution in [-0.4, -0.2) is 59.4 Å². The number of nitrogens with zero attached hydrogens (tertiary/aromatic N) is 2. The summed E-state index contributed by atoms with van der Waals surface area (Å²) in [5, 5.41) is 10.1. The molecule has 1 N–H and O–H groups in total. The lowest BCUT2D eigenvalue weighted by atomic mass is 9.94. The van der Waals surface area contributed by atoms with Crippen LogP contribution >= 0.6 is 0 Å². The number of amides is 1. The number of carbonyl (C=O) groups is 1. The van der Waals surface area contributed by atoms with Crippen molar-refractivity contribution in [3.8, 4) is 5.75 Å². The molecule has 0 bridgehead atoms. The highest BCUT2D eigenvalue weighted by Gasteiger charge is 2.39. The topological polar surface area (TPSA) is 71.9 Å². The molecular weight excluding hydrogens is 284 g/mol. The third-order valence-electron chi connectivity index (χ3n) is 4.51. The molecular formula is C16H22N2O4. The van der Waals surface area contributed by atoms with Gasteiger partial charge in [-0.15, -0.1) is 0 Å². The van der Waals surface area contributed by atoms with Gasteiger partial charge in [-0.05, 0) is 25.0 Å². The summed E-state index contributed by atoms with van der Waals surface area (Å²) >= 11 is 0. The van der Waals surface area contributed by atoms with Gasteiger partial charge in [0.05, 0.1) is 31.6 Å². The molecule has 3 unspecified atom stereocenters. The number of aliphatic hydroxyl groups is 1. The van der Waals surface area contributed by atoms with E-state index in [4.69, 9.17) is 9.47 Å². The minimum absolute atomic E-state index is 0.00892. The van der Waals surface area contributed by atoms with E-state index in [2.05, 4.69) is 4.98 Å². The summed E-state index contributed by atoms with van der Waals surface area (Å²) in [5.41, 5.74) is 0. The minimum Gasteiger partial charge on any atom is -0.482 e. The second-order valence-electron chi connectivity index (χ2n) is 5.87. The van der Waals surface area contributed by atoms with Crippen molar-refractivity contribution in [3.05, 3.63) is 24.5 Å². The molecule has 0 spiro atoms. The van der Waals surface area contributed by atoms with Crippen molar-refractivity contribution in [2.24, 2.45) is 5.92 Å². The molecule has 3 atom stereocenters. The zero-order valence-electron chi connectivity index (χ0n) is 12.6. The number of rotatable bonds is 4. The summed E-state index contributed by atoms with van der Waals surface area (Å²) in [6, 6.07) is 3.50. The number of aromatic nitrogens is 1. The highest BCUT2D eigenvalue weighted by Crippen LogP contribution is 2.32. The van der Waals surface area contributed by atoms with Gasteiger partial charge in [0.15, 0.2) is 6.61 Å². The second-order valence-corrected chi connectivity index (χ2v) is 5.87. The van der Waals surface area contributed by atoms with Gasteiger partial charge in [-0.3, -0.25) is 9.78 Å². The fourth-order valence-corrected chi connectivity index (χ4v) is 3.37. The predicted molar refractivity (Wildman–Crippen MR) is 79.4 cm³/mol. The van der Waals surface area contributed by atoms with E-state index in [0.717, 1.165) is 19.3 Å². The molecule has 0 radical (unpaired) electrons. The summed E-state index contributed by atoms with van der Waals surface area (Å²) < 4.78 is 11.0. The summed E-state index contributed by atoms with van der Waals surface area (Å²) in [6.07, 6.45) is 5.69. The molecule has 2 heterocycles. The first-order chi connectivity index (χ1) is 10.8. The van der Waals surface area contributed by atoms with Gasteiger partial charge in [0, 0.05) is 18.7 Å². The summed E-state index contributed by atoms with van der Waals surface area (Å²) in [6.45, 7) is 1.59. The molecule has 1 saturated heterocycles. The third kappa shape index (κ3) is 3.39. The van der Waals surface area contributed by atoms with Gasteiger partial charge in [0.2, 0.25) is 0 Å². The maximum atomic E-state index is 12.5. The Morgan fingerprint density at radius 3 is 3.14 bits per heavy atom. The highest BCUT2D eigenvalue weighted by molar-refractivity contribution is 5.78. The Morgan fingerprint density at radius 2 is 2.41 bits per heavy atom. The number of morpholine rings is 1. The van der Waals surface area contributed by atoms with Crippen LogP contribution in [0.25, 0.3) is 0 Å². The van der Waals surface area contributed by atoms with Crippen LogP contribution < -0.4 is 4.74 Å². The number of pyridine rings is 1. The Labute approximate surface area is 130 Å². The second kappa shape index (κ2) is 7.07. The molecule has 2 aliphatic rings. The van der Waals surface area contributed by atoms with Crippen LogP contribution in [0, 0.1) is 5.92 Å². The first-order valence-electron chi connectivity index (χ1n) is 7.84. The van der Waals surface area contributed by atoms with Crippen molar-refractivity contribution in [1.29, 1.82) is 0 Å². The molecule has 1 aromatic rings. The Balaban J connectivity index is 1.61. The SMILES string of the molecule is O=C(COc1cccnc1)N1CCOCC1C1CCCC1O. The maximum Gasteiger partial charge on any atom is 0.260 e. The Kier molecular flexibility index (Phi) is 4.90. The van der Waals surface area contributed by atoms with Crippen molar-refractivity contribution < 1.29 is 19.4 Å². The third-order valence-corrected chi connectivity index (χ3v) is 4.51. The normalized spacial score (nSPS) is 28.6. The molecule has 1 saturated carbocycles. The lowest BCUT2D eigenvalue weighted by Crippen LogP contribution is -2.54. The number of carbonyl (C=O) groups excluding carboxylic acids is 1. The molecule has 1 aliphatic carbocycles. The first kappa shape index (κ1) is 15.2. The summed E-state index contributed by atoms with van der Waals surface area (Å²) in [5.74, 6) is 0.639. The van der Waals surface area contributed by atoms with Crippen molar-refractivity contribution in [1.82, 2.24) is 9.88 Å². The smallest absolute Gasteiger partial charge is 0.260 e. The van der Waals surface area contributed by atoms with E-state index in [-0.39, 0.29) is 30.6 Å². The highest BCUT2D eigenvalue weighted by atomic mass is 16.5. The number of hydrogen-bond acceptors (Lipinski definition) is 5. The number of hydrogen-bond donors (Lipinski definition) is 1. The molecule has 3 rings (SSSR count). The van der Waals surface area contributed by atoms with Gasteiger partial charge in [0.1, 0.15) is 5.75 Å². The van der Waals surface area contributed by atoms with Gasteiger partial charge >= 0.3 is 0 Å². The van der Waals surface area contributed by atoms with E-state index in [0.29, 0.717) is 25.5 Å². The zero-order valence-corrected chi connectivity index (χ0v) is 12.6. The van der Waals surface area contributed by atoms with Crippen LogP contribution in [0.4, 0.5) is 0 Å². The van der Waals surface area contributed by atoms with Crippen LogP contribution in [0.3, 0.4) is 0 Å². The maximum absolute atomic E-state index is 12.5. The average Bonchev–Trinajstić information content (AvgIpc) is 2.99. The molecule has 6 nitrogen and oxygen atoms in total. The number of aliphatic hydroxyl groups excluding tert-OH is 1.